The topological polar surface area (TPSA) is 17.1 Å². The van der Waals surface area contributed by atoms with Gasteiger partial charge in [-0.1, -0.05) is 36.5 Å². The summed E-state index contributed by atoms with van der Waals surface area (Å²) in [4.78, 5) is 11.6. The minimum absolute atomic E-state index is 0.103. The summed E-state index contributed by atoms with van der Waals surface area (Å²) < 4.78 is 0. The predicted octanol–water partition coefficient (Wildman–Crippen LogP) is 2.26. The summed E-state index contributed by atoms with van der Waals surface area (Å²) in [5.41, 5.74) is 1.21. The number of carbonyl (C=O) groups excluding carboxylic acids is 1. The molecule has 1 fully saturated rings. The van der Waals surface area contributed by atoms with Crippen LogP contribution in [0.2, 0.25) is 0 Å². The van der Waals surface area contributed by atoms with Crippen molar-refractivity contribution in [2.45, 2.75) is 12.8 Å². The molecule has 12 heavy (non-hydrogen) atoms. The normalized spacial score (nSPS) is 33.7. The van der Waals surface area contributed by atoms with E-state index >= 15 is 0 Å². The van der Waals surface area contributed by atoms with Gasteiger partial charge in [0, 0.05) is 11.8 Å². The van der Waals surface area contributed by atoms with Crippen molar-refractivity contribution in [3.8, 4) is 0 Å². The third-order valence-corrected chi connectivity index (χ3v) is 2.55. The van der Waals surface area contributed by atoms with Gasteiger partial charge in [-0.15, -0.1) is 0 Å². The standard InChI is InChI=1S/C11H12O/c1-8-6-9-4-2-3-5-10(7-8)11(9)12/h2-5,9-10H,1,6-7H2. The van der Waals surface area contributed by atoms with E-state index in [9.17, 15) is 4.79 Å². The predicted molar refractivity (Wildman–Crippen MR) is 48.6 cm³/mol. The molecule has 62 valence electrons. The smallest absolute Gasteiger partial charge is 0.147 e. The second kappa shape index (κ2) is 2.74. The van der Waals surface area contributed by atoms with E-state index in [4.69, 9.17) is 0 Å². The van der Waals surface area contributed by atoms with E-state index < -0.39 is 0 Å². The number of carbonyl (C=O) groups is 1. The van der Waals surface area contributed by atoms with E-state index in [1.807, 2.05) is 24.3 Å². The number of ketones is 1. The lowest BCUT2D eigenvalue weighted by atomic mass is 9.78. The first-order valence-electron chi connectivity index (χ1n) is 4.33. The van der Waals surface area contributed by atoms with E-state index in [0.29, 0.717) is 5.78 Å². The molecule has 1 saturated carbocycles. The quantitative estimate of drug-likeness (QED) is 0.497. The van der Waals surface area contributed by atoms with E-state index in [1.54, 1.807) is 0 Å². The second-order valence-electron chi connectivity index (χ2n) is 3.54. The first-order valence-corrected chi connectivity index (χ1v) is 4.33. The Bertz CT molecular complexity index is 257. The van der Waals surface area contributed by atoms with Crippen molar-refractivity contribution in [1.29, 1.82) is 0 Å². The zero-order chi connectivity index (χ0) is 8.55. The van der Waals surface area contributed by atoms with Crippen LogP contribution in [0.5, 0.6) is 0 Å². The van der Waals surface area contributed by atoms with Crippen molar-refractivity contribution < 1.29 is 4.79 Å². The lowest BCUT2D eigenvalue weighted by Crippen LogP contribution is -2.26. The van der Waals surface area contributed by atoms with E-state index in [1.165, 1.54) is 5.57 Å². The molecule has 0 spiro atoms. The Kier molecular flexibility index (Phi) is 1.72. The number of allylic oxidation sites excluding steroid dienone is 5. The highest BCUT2D eigenvalue weighted by atomic mass is 16.1. The number of hydrogen-bond donors (Lipinski definition) is 0. The van der Waals surface area contributed by atoms with Gasteiger partial charge in [-0.25, -0.2) is 0 Å². The Morgan fingerprint density at radius 2 is 1.67 bits per heavy atom. The zero-order valence-corrected chi connectivity index (χ0v) is 6.99. The average molecular weight is 160 g/mol. The maximum atomic E-state index is 11.6. The molecular weight excluding hydrogens is 148 g/mol. The molecule has 1 nitrogen and oxygen atoms in total. The number of Topliss-reactive ketones (excluding diaryl/α,β-unsaturated/α-hetero) is 1. The van der Waals surface area contributed by atoms with Gasteiger partial charge >= 0.3 is 0 Å². The molecular formula is C11H12O. The highest BCUT2D eigenvalue weighted by Crippen LogP contribution is 2.32. The fourth-order valence-corrected chi connectivity index (χ4v) is 1.90. The Morgan fingerprint density at radius 1 is 1.17 bits per heavy atom. The van der Waals surface area contributed by atoms with Gasteiger partial charge in [0.15, 0.2) is 0 Å². The first-order chi connectivity index (χ1) is 5.77. The Labute approximate surface area is 72.5 Å². The molecule has 0 saturated heterocycles. The fraction of sp³-hybridized carbons (Fsp3) is 0.364. The van der Waals surface area contributed by atoms with Crippen LogP contribution in [-0.4, -0.2) is 5.78 Å². The average Bonchev–Trinajstić information content (AvgIpc) is 2.19. The van der Waals surface area contributed by atoms with Gasteiger partial charge in [-0.2, -0.15) is 0 Å². The maximum Gasteiger partial charge on any atom is 0.147 e. The van der Waals surface area contributed by atoms with Crippen molar-refractivity contribution in [1.82, 2.24) is 0 Å². The SMILES string of the molecule is C=C1CC2C=CC=CC(C1)C2=O. The summed E-state index contributed by atoms with van der Waals surface area (Å²) in [7, 11) is 0. The van der Waals surface area contributed by atoms with Crippen molar-refractivity contribution >= 4 is 5.78 Å². The molecule has 0 N–H and O–H groups in total. The van der Waals surface area contributed by atoms with Crippen molar-refractivity contribution in [2.75, 3.05) is 0 Å². The molecule has 2 atom stereocenters. The molecule has 2 unspecified atom stereocenters. The lowest BCUT2D eigenvalue weighted by molar-refractivity contribution is -0.124. The molecule has 0 radical (unpaired) electrons. The van der Waals surface area contributed by atoms with Crippen LogP contribution >= 0.6 is 0 Å². The molecule has 2 rings (SSSR count). The van der Waals surface area contributed by atoms with Crippen LogP contribution in [0.15, 0.2) is 36.5 Å². The Hall–Kier alpha value is -1.11. The summed E-state index contributed by atoms with van der Waals surface area (Å²) >= 11 is 0. The van der Waals surface area contributed by atoms with Gasteiger partial charge in [-0.3, -0.25) is 4.79 Å². The van der Waals surface area contributed by atoms with E-state index in [-0.39, 0.29) is 11.8 Å². The summed E-state index contributed by atoms with van der Waals surface area (Å²) in [6.45, 7) is 3.95. The minimum atomic E-state index is 0.103. The summed E-state index contributed by atoms with van der Waals surface area (Å²) in [6, 6.07) is 0. The highest BCUT2D eigenvalue weighted by molar-refractivity contribution is 5.88. The van der Waals surface area contributed by atoms with Crippen molar-refractivity contribution in [3.05, 3.63) is 36.5 Å². The van der Waals surface area contributed by atoms with Crippen LogP contribution in [0.4, 0.5) is 0 Å². The molecule has 1 heteroatoms. The summed E-state index contributed by atoms with van der Waals surface area (Å²) in [5.74, 6) is 0.574. The van der Waals surface area contributed by atoms with Gasteiger partial charge in [0.05, 0.1) is 0 Å². The van der Waals surface area contributed by atoms with Crippen molar-refractivity contribution in [3.63, 3.8) is 0 Å². The van der Waals surface area contributed by atoms with Crippen LogP contribution in [0.1, 0.15) is 12.8 Å². The Morgan fingerprint density at radius 3 is 2.17 bits per heavy atom. The van der Waals surface area contributed by atoms with Crippen LogP contribution in [0.3, 0.4) is 0 Å². The van der Waals surface area contributed by atoms with Crippen LogP contribution in [0.25, 0.3) is 0 Å². The van der Waals surface area contributed by atoms with Gasteiger partial charge in [0.2, 0.25) is 0 Å². The van der Waals surface area contributed by atoms with Gasteiger partial charge in [-0.05, 0) is 12.8 Å². The molecule has 0 amide bonds. The van der Waals surface area contributed by atoms with Crippen LogP contribution in [-0.2, 0) is 4.79 Å². The number of fused-ring (bicyclic) bond motifs is 2. The molecule has 2 aliphatic carbocycles. The maximum absolute atomic E-state index is 11.6. The minimum Gasteiger partial charge on any atom is -0.298 e. The molecule has 0 aromatic rings. The molecule has 0 heterocycles. The Balaban J connectivity index is 2.34. The van der Waals surface area contributed by atoms with Crippen LogP contribution in [0, 0.1) is 11.8 Å². The third kappa shape index (κ3) is 1.15. The monoisotopic (exact) mass is 160 g/mol. The second-order valence-corrected chi connectivity index (χ2v) is 3.54. The van der Waals surface area contributed by atoms with E-state index in [2.05, 4.69) is 6.58 Å². The molecule has 2 bridgehead atoms. The van der Waals surface area contributed by atoms with Gasteiger partial charge < -0.3 is 0 Å². The van der Waals surface area contributed by atoms with Gasteiger partial charge in [0.25, 0.3) is 0 Å². The molecule has 0 aliphatic heterocycles. The molecule has 2 aliphatic rings. The van der Waals surface area contributed by atoms with E-state index in [0.717, 1.165) is 12.8 Å². The highest BCUT2D eigenvalue weighted by Gasteiger charge is 2.30. The van der Waals surface area contributed by atoms with Crippen molar-refractivity contribution in [2.24, 2.45) is 11.8 Å². The summed E-state index contributed by atoms with van der Waals surface area (Å²) in [6.07, 6.45) is 9.63. The first kappa shape index (κ1) is 7.53. The largest absolute Gasteiger partial charge is 0.298 e. The zero-order valence-electron chi connectivity index (χ0n) is 6.99. The molecule has 0 aromatic carbocycles. The van der Waals surface area contributed by atoms with Crippen LogP contribution < -0.4 is 0 Å². The fourth-order valence-electron chi connectivity index (χ4n) is 1.90. The third-order valence-electron chi connectivity index (χ3n) is 2.55. The van der Waals surface area contributed by atoms with Gasteiger partial charge in [0.1, 0.15) is 5.78 Å². The summed E-state index contributed by atoms with van der Waals surface area (Å²) in [5, 5.41) is 0. The number of rotatable bonds is 0. The lowest BCUT2D eigenvalue weighted by Gasteiger charge is -2.24. The number of hydrogen-bond acceptors (Lipinski definition) is 1. The molecule has 0 aromatic heterocycles.